The van der Waals surface area contributed by atoms with E-state index in [1.165, 1.54) is 87.7 Å². The molecule has 0 radical (unpaired) electrons. The summed E-state index contributed by atoms with van der Waals surface area (Å²) in [6.07, 6.45) is 0. The number of para-hydroxylation sites is 3. The van der Waals surface area contributed by atoms with Gasteiger partial charge in [-0.3, -0.25) is 0 Å². The SMILES string of the molecule is c1ccc(-n2c3ccccc3c3c(-c4cccc5c4c4ccccc4n5-c4cc5ccccc5c5ccccc45)cccc32)cc1. The molecule has 0 fully saturated rings. The zero-order valence-corrected chi connectivity index (χ0v) is 25.1. The molecule has 0 atom stereocenters. The molecule has 10 rings (SSSR count). The van der Waals surface area contributed by atoms with E-state index in [1.54, 1.807) is 0 Å². The molecule has 0 saturated heterocycles. The highest BCUT2D eigenvalue weighted by Crippen LogP contribution is 2.44. The fourth-order valence-electron chi connectivity index (χ4n) is 7.82. The Morgan fingerprint density at radius 2 is 0.783 bits per heavy atom. The first-order chi connectivity index (χ1) is 22.9. The molecular weight excluding hydrogens is 556 g/mol. The number of benzene rings is 8. The van der Waals surface area contributed by atoms with Gasteiger partial charge in [0.15, 0.2) is 0 Å². The average molecular weight is 585 g/mol. The third-order valence-corrected chi connectivity index (χ3v) is 9.69. The molecule has 2 heterocycles. The van der Waals surface area contributed by atoms with Crippen LogP contribution in [0.5, 0.6) is 0 Å². The van der Waals surface area contributed by atoms with Crippen LogP contribution in [0.2, 0.25) is 0 Å². The number of nitrogens with zero attached hydrogens (tertiary/aromatic N) is 2. The van der Waals surface area contributed by atoms with E-state index >= 15 is 0 Å². The molecule has 10 aromatic rings. The van der Waals surface area contributed by atoms with Crippen molar-refractivity contribution in [3.05, 3.63) is 170 Å². The minimum Gasteiger partial charge on any atom is -0.309 e. The Bertz CT molecular complexity index is 2800. The molecule has 2 nitrogen and oxygen atoms in total. The van der Waals surface area contributed by atoms with Gasteiger partial charge in [0, 0.05) is 32.6 Å². The van der Waals surface area contributed by atoms with Crippen LogP contribution in [0, 0.1) is 0 Å². The summed E-state index contributed by atoms with van der Waals surface area (Å²) in [5.74, 6) is 0. The smallest absolute Gasteiger partial charge is 0.0547 e. The summed E-state index contributed by atoms with van der Waals surface area (Å²) in [4.78, 5) is 0. The lowest BCUT2D eigenvalue weighted by Gasteiger charge is -2.14. The summed E-state index contributed by atoms with van der Waals surface area (Å²) in [5.41, 5.74) is 9.73. The van der Waals surface area contributed by atoms with Gasteiger partial charge >= 0.3 is 0 Å². The van der Waals surface area contributed by atoms with E-state index in [1.807, 2.05) is 0 Å². The van der Waals surface area contributed by atoms with E-state index < -0.39 is 0 Å². The molecule has 0 N–H and O–H groups in total. The van der Waals surface area contributed by atoms with Gasteiger partial charge in [-0.15, -0.1) is 0 Å². The standard InChI is InChI=1S/C44H28N2/c1-2-15-30(16-3-1)45-38-24-10-8-20-36(38)43-34(22-12-26-40(43)45)35-23-13-27-41-44(35)37-21-9-11-25-39(37)46(41)42-28-29-14-4-5-17-31(29)32-18-6-7-19-33(32)42/h1-28H. The van der Waals surface area contributed by atoms with E-state index in [4.69, 9.17) is 0 Å². The van der Waals surface area contributed by atoms with Gasteiger partial charge in [-0.25, -0.2) is 0 Å². The van der Waals surface area contributed by atoms with Crippen molar-refractivity contribution < 1.29 is 0 Å². The van der Waals surface area contributed by atoms with Crippen LogP contribution in [0.1, 0.15) is 0 Å². The minimum atomic E-state index is 1.17. The van der Waals surface area contributed by atoms with Gasteiger partial charge < -0.3 is 9.13 Å². The van der Waals surface area contributed by atoms with Crippen LogP contribution in [0.15, 0.2) is 170 Å². The molecule has 0 spiro atoms. The summed E-state index contributed by atoms with van der Waals surface area (Å²) in [6, 6.07) is 61.9. The zero-order valence-electron chi connectivity index (χ0n) is 25.1. The van der Waals surface area contributed by atoms with Crippen molar-refractivity contribution in [1.82, 2.24) is 9.13 Å². The lowest BCUT2D eigenvalue weighted by molar-refractivity contribution is 1.18. The second-order valence-electron chi connectivity index (χ2n) is 12.1. The minimum absolute atomic E-state index is 1.17. The summed E-state index contributed by atoms with van der Waals surface area (Å²) < 4.78 is 4.88. The molecule has 0 aliphatic rings. The van der Waals surface area contributed by atoms with Gasteiger partial charge in [0.1, 0.15) is 0 Å². The highest BCUT2D eigenvalue weighted by atomic mass is 15.0. The lowest BCUT2D eigenvalue weighted by Crippen LogP contribution is -1.96. The lowest BCUT2D eigenvalue weighted by atomic mass is 9.95. The first-order valence-corrected chi connectivity index (χ1v) is 15.9. The van der Waals surface area contributed by atoms with Crippen LogP contribution in [-0.2, 0) is 0 Å². The first-order valence-electron chi connectivity index (χ1n) is 15.9. The van der Waals surface area contributed by atoms with Crippen LogP contribution in [0.3, 0.4) is 0 Å². The fraction of sp³-hybridized carbons (Fsp3) is 0. The topological polar surface area (TPSA) is 9.86 Å². The number of fused-ring (bicyclic) bond motifs is 9. The third-order valence-electron chi connectivity index (χ3n) is 9.69. The molecule has 2 heteroatoms. The van der Waals surface area contributed by atoms with Crippen molar-refractivity contribution in [2.24, 2.45) is 0 Å². The van der Waals surface area contributed by atoms with Gasteiger partial charge in [0.05, 0.1) is 27.8 Å². The van der Waals surface area contributed by atoms with Crippen LogP contribution < -0.4 is 0 Å². The maximum Gasteiger partial charge on any atom is 0.0547 e. The van der Waals surface area contributed by atoms with Gasteiger partial charge in [0.2, 0.25) is 0 Å². The Labute approximate surface area is 266 Å². The molecule has 0 bridgehead atoms. The monoisotopic (exact) mass is 584 g/mol. The van der Waals surface area contributed by atoms with E-state index in [9.17, 15) is 0 Å². The number of aromatic nitrogens is 2. The van der Waals surface area contributed by atoms with E-state index in [2.05, 4.69) is 179 Å². The molecule has 214 valence electrons. The van der Waals surface area contributed by atoms with Crippen LogP contribution in [0.25, 0.3) is 87.7 Å². The summed E-state index contributed by atoms with van der Waals surface area (Å²) in [5, 5.41) is 10.1. The maximum absolute atomic E-state index is 2.48. The van der Waals surface area contributed by atoms with Crippen molar-refractivity contribution in [2.45, 2.75) is 0 Å². The maximum atomic E-state index is 2.48. The van der Waals surface area contributed by atoms with E-state index in [0.29, 0.717) is 0 Å². The number of hydrogen-bond acceptors (Lipinski definition) is 0. The van der Waals surface area contributed by atoms with Crippen molar-refractivity contribution in [3.63, 3.8) is 0 Å². The predicted molar refractivity (Wildman–Crippen MR) is 196 cm³/mol. The molecule has 0 aliphatic carbocycles. The fourth-order valence-corrected chi connectivity index (χ4v) is 7.82. The largest absolute Gasteiger partial charge is 0.309 e. The van der Waals surface area contributed by atoms with Crippen LogP contribution in [0.4, 0.5) is 0 Å². The third kappa shape index (κ3) is 3.47. The van der Waals surface area contributed by atoms with Crippen molar-refractivity contribution >= 4 is 65.2 Å². The molecule has 0 saturated carbocycles. The highest BCUT2D eigenvalue weighted by Gasteiger charge is 2.21. The Hall–Kier alpha value is -6.12. The van der Waals surface area contributed by atoms with Crippen molar-refractivity contribution in [2.75, 3.05) is 0 Å². The quantitative estimate of drug-likeness (QED) is 0.183. The Kier molecular flexibility index (Phi) is 5.31. The molecule has 8 aromatic carbocycles. The number of rotatable bonds is 3. The predicted octanol–water partition coefficient (Wildman–Crippen LogP) is 11.9. The Morgan fingerprint density at radius 3 is 1.46 bits per heavy atom. The average Bonchev–Trinajstić information content (AvgIpc) is 3.65. The second kappa shape index (κ2) is 9.69. The number of hydrogen-bond donors (Lipinski definition) is 0. The highest BCUT2D eigenvalue weighted by molar-refractivity contribution is 6.23. The van der Waals surface area contributed by atoms with Crippen LogP contribution in [-0.4, -0.2) is 9.13 Å². The molecule has 46 heavy (non-hydrogen) atoms. The Morgan fingerprint density at radius 1 is 0.304 bits per heavy atom. The van der Waals surface area contributed by atoms with Gasteiger partial charge in [-0.2, -0.15) is 0 Å². The molecule has 0 unspecified atom stereocenters. The van der Waals surface area contributed by atoms with Gasteiger partial charge in [0.25, 0.3) is 0 Å². The normalized spacial score (nSPS) is 11.9. The van der Waals surface area contributed by atoms with E-state index in [0.717, 1.165) is 0 Å². The summed E-state index contributed by atoms with van der Waals surface area (Å²) in [6.45, 7) is 0. The molecule has 0 amide bonds. The Balaban J connectivity index is 1.34. The zero-order chi connectivity index (χ0) is 30.2. The first kappa shape index (κ1) is 25.2. The molecule has 0 aliphatic heterocycles. The van der Waals surface area contributed by atoms with Crippen LogP contribution >= 0.6 is 0 Å². The summed E-state index contributed by atoms with van der Waals surface area (Å²) >= 11 is 0. The molecular formula is C44H28N2. The second-order valence-corrected chi connectivity index (χ2v) is 12.1. The van der Waals surface area contributed by atoms with Gasteiger partial charge in [-0.05, 0) is 69.8 Å². The molecule has 2 aromatic heterocycles. The van der Waals surface area contributed by atoms with Crippen molar-refractivity contribution in [3.8, 4) is 22.5 Å². The van der Waals surface area contributed by atoms with Crippen molar-refractivity contribution in [1.29, 1.82) is 0 Å². The van der Waals surface area contributed by atoms with E-state index in [-0.39, 0.29) is 0 Å². The summed E-state index contributed by atoms with van der Waals surface area (Å²) in [7, 11) is 0. The van der Waals surface area contributed by atoms with Gasteiger partial charge in [-0.1, -0.05) is 127 Å².